The van der Waals surface area contributed by atoms with Crippen molar-refractivity contribution in [1.29, 1.82) is 5.26 Å². The summed E-state index contributed by atoms with van der Waals surface area (Å²) in [5.74, 6) is 0. The lowest BCUT2D eigenvalue weighted by molar-refractivity contribution is 0.324. The maximum atomic E-state index is 8.76. The van der Waals surface area contributed by atoms with Crippen LogP contribution in [-0.4, -0.2) is 25.0 Å². The van der Waals surface area contributed by atoms with Crippen molar-refractivity contribution in [2.75, 3.05) is 20.1 Å². The fourth-order valence-corrected chi connectivity index (χ4v) is 1.49. The van der Waals surface area contributed by atoms with E-state index < -0.39 is 0 Å². The number of hydrogen-bond acceptors (Lipinski definition) is 3. The minimum atomic E-state index is 0.722. The van der Waals surface area contributed by atoms with Gasteiger partial charge < -0.3 is 10.6 Å². The van der Waals surface area contributed by atoms with Crippen molar-refractivity contribution in [1.82, 2.24) is 4.90 Å². The van der Waals surface area contributed by atoms with Gasteiger partial charge in [-0.1, -0.05) is 12.1 Å². The van der Waals surface area contributed by atoms with Crippen LogP contribution < -0.4 is 5.73 Å². The van der Waals surface area contributed by atoms with Gasteiger partial charge in [-0.2, -0.15) is 5.26 Å². The van der Waals surface area contributed by atoms with E-state index in [4.69, 9.17) is 11.0 Å². The molecule has 0 amide bonds. The summed E-state index contributed by atoms with van der Waals surface area (Å²) in [6.07, 6.45) is 1.01. The Balaban J connectivity index is 2.53. The normalized spacial score (nSPS) is 10.3. The predicted molar refractivity (Wildman–Crippen MR) is 61.2 cm³/mol. The average Bonchev–Trinajstić information content (AvgIpc) is 2.26. The highest BCUT2D eigenvalue weighted by atomic mass is 15.1. The van der Waals surface area contributed by atoms with Gasteiger partial charge in [0, 0.05) is 6.54 Å². The smallest absolute Gasteiger partial charge is 0.0991 e. The molecule has 3 nitrogen and oxygen atoms in total. The van der Waals surface area contributed by atoms with E-state index in [1.807, 2.05) is 24.3 Å². The quantitative estimate of drug-likeness (QED) is 0.785. The zero-order valence-corrected chi connectivity index (χ0v) is 9.11. The van der Waals surface area contributed by atoms with Crippen molar-refractivity contribution in [3.63, 3.8) is 0 Å². The first-order valence-electron chi connectivity index (χ1n) is 5.14. The van der Waals surface area contributed by atoms with E-state index in [0.29, 0.717) is 0 Å². The molecule has 0 atom stereocenters. The van der Waals surface area contributed by atoms with Gasteiger partial charge in [-0.3, -0.25) is 0 Å². The number of benzene rings is 1. The molecule has 1 rings (SSSR count). The lowest BCUT2D eigenvalue weighted by Crippen LogP contribution is -2.21. The van der Waals surface area contributed by atoms with Crippen LogP contribution in [0.2, 0.25) is 0 Å². The molecule has 2 N–H and O–H groups in total. The summed E-state index contributed by atoms with van der Waals surface area (Å²) in [5, 5.41) is 8.76. The zero-order valence-electron chi connectivity index (χ0n) is 9.11. The summed E-state index contributed by atoms with van der Waals surface area (Å²) in [4.78, 5) is 2.21. The van der Waals surface area contributed by atoms with Crippen LogP contribution in [0.15, 0.2) is 24.3 Å². The van der Waals surface area contributed by atoms with E-state index in [1.54, 1.807) is 0 Å². The Kier molecular flexibility index (Phi) is 4.82. The Bertz CT molecular complexity index is 341. The first-order chi connectivity index (χ1) is 7.26. The Morgan fingerprint density at radius 2 is 2.27 bits per heavy atom. The molecule has 0 aliphatic rings. The molecule has 0 fully saturated rings. The number of nitriles is 1. The van der Waals surface area contributed by atoms with E-state index in [0.717, 1.165) is 31.6 Å². The minimum absolute atomic E-state index is 0.722. The van der Waals surface area contributed by atoms with Crippen molar-refractivity contribution >= 4 is 0 Å². The highest BCUT2D eigenvalue weighted by Crippen LogP contribution is 2.06. The standard InChI is InChI=1S/C12H17N3/c1-15(7-3-6-13)10-12-5-2-4-11(8-12)9-14/h2,4-5,8H,3,6-7,10,13H2,1H3. The van der Waals surface area contributed by atoms with Gasteiger partial charge in [0.25, 0.3) is 0 Å². The lowest BCUT2D eigenvalue weighted by atomic mass is 10.1. The average molecular weight is 203 g/mol. The molecule has 1 aromatic rings. The van der Waals surface area contributed by atoms with Gasteiger partial charge in [0.1, 0.15) is 0 Å². The number of rotatable bonds is 5. The Hall–Kier alpha value is -1.37. The maximum absolute atomic E-state index is 8.76. The monoisotopic (exact) mass is 203 g/mol. The fourth-order valence-electron chi connectivity index (χ4n) is 1.49. The van der Waals surface area contributed by atoms with Crippen molar-refractivity contribution in [2.24, 2.45) is 5.73 Å². The third kappa shape index (κ3) is 4.11. The Morgan fingerprint density at radius 3 is 2.93 bits per heavy atom. The number of hydrogen-bond donors (Lipinski definition) is 1. The summed E-state index contributed by atoms with van der Waals surface area (Å²) in [7, 11) is 2.06. The van der Waals surface area contributed by atoms with Gasteiger partial charge in [-0.15, -0.1) is 0 Å². The first-order valence-corrected chi connectivity index (χ1v) is 5.14. The fraction of sp³-hybridized carbons (Fsp3) is 0.417. The third-order valence-electron chi connectivity index (χ3n) is 2.25. The van der Waals surface area contributed by atoms with Crippen LogP contribution in [0.25, 0.3) is 0 Å². The first kappa shape index (κ1) is 11.7. The Morgan fingerprint density at radius 1 is 1.47 bits per heavy atom. The van der Waals surface area contributed by atoms with E-state index in [1.165, 1.54) is 5.56 Å². The molecule has 0 aromatic heterocycles. The summed E-state index contributed by atoms with van der Waals surface area (Å²) in [6, 6.07) is 9.86. The van der Waals surface area contributed by atoms with Crippen molar-refractivity contribution < 1.29 is 0 Å². The molecule has 1 aromatic carbocycles. The highest BCUT2D eigenvalue weighted by Gasteiger charge is 2.00. The molecule has 0 saturated carbocycles. The number of nitrogens with zero attached hydrogens (tertiary/aromatic N) is 2. The van der Waals surface area contributed by atoms with Gasteiger partial charge in [-0.25, -0.2) is 0 Å². The summed E-state index contributed by atoms with van der Waals surface area (Å²) in [5.41, 5.74) is 7.34. The van der Waals surface area contributed by atoms with Crippen molar-refractivity contribution in [2.45, 2.75) is 13.0 Å². The van der Waals surface area contributed by atoms with Crippen LogP contribution in [0.5, 0.6) is 0 Å². The topological polar surface area (TPSA) is 53.0 Å². The molecule has 3 heteroatoms. The molecule has 0 bridgehead atoms. The molecule has 0 unspecified atom stereocenters. The number of nitrogens with two attached hydrogens (primary N) is 1. The SMILES string of the molecule is CN(CCCN)Cc1cccc(C#N)c1. The predicted octanol–water partition coefficient (Wildman–Crippen LogP) is 1.34. The lowest BCUT2D eigenvalue weighted by Gasteiger charge is -2.15. The van der Waals surface area contributed by atoms with Gasteiger partial charge in [0.15, 0.2) is 0 Å². The molecular weight excluding hydrogens is 186 g/mol. The van der Waals surface area contributed by atoms with Gasteiger partial charge in [-0.05, 0) is 44.3 Å². The van der Waals surface area contributed by atoms with E-state index in [-0.39, 0.29) is 0 Å². The highest BCUT2D eigenvalue weighted by molar-refractivity contribution is 5.32. The summed E-state index contributed by atoms with van der Waals surface area (Å²) >= 11 is 0. The molecular formula is C12H17N3. The van der Waals surface area contributed by atoms with Gasteiger partial charge in [0.05, 0.1) is 11.6 Å². The van der Waals surface area contributed by atoms with Crippen molar-refractivity contribution in [3.8, 4) is 6.07 Å². The molecule has 0 aliphatic carbocycles. The summed E-state index contributed by atoms with van der Waals surface area (Å²) < 4.78 is 0. The van der Waals surface area contributed by atoms with Crippen molar-refractivity contribution in [3.05, 3.63) is 35.4 Å². The molecule has 0 aliphatic heterocycles. The molecule has 0 heterocycles. The molecule has 0 radical (unpaired) electrons. The van der Waals surface area contributed by atoms with E-state index >= 15 is 0 Å². The maximum Gasteiger partial charge on any atom is 0.0991 e. The van der Waals surface area contributed by atoms with Crippen LogP contribution in [-0.2, 0) is 6.54 Å². The van der Waals surface area contributed by atoms with E-state index in [2.05, 4.69) is 18.0 Å². The van der Waals surface area contributed by atoms with Crippen LogP contribution in [0.3, 0.4) is 0 Å². The molecule has 15 heavy (non-hydrogen) atoms. The second kappa shape index (κ2) is 6.18. The molecule has 80 valence electrons. The van der Waals surface area contributed by atoms with Crippen LogP contribution in [0.4, 0.5) is 0 Å². The van der Waals surface area contributed by atoms with E-state index in [9.17, 15) is 0 Å². The van der Waals surface area contributed by atoms with Crippen LogP contribution in [0.1, 0.15) is 17.5 Å². The second-order valence-electron chi connectivity index (χ2n) is 3.69. The zero-order chi connectivity index (χ0) is 11.1. The molecule has 0 spiro atoms. The van der Waals surface area contributed by atoms with Gasteiger partial charge in [0.2, 0.25) is 0 Å². The largest absolute Gasteiger partial charge is 0.330 e. The van der Waals surface area contributed by atoms with Crippen LogP contribution in [0, 0.1) is 11.3 Å². The minimum Gasteiger partial charge on any atom is -0.330 e. The second-order valence-corrected chi connectivity index (χ2v) is 3.69. The molecule has 0 saturated heterocycles. The third-order valence-corrected chi connectivity index (χ3v) is 2.25. The van der Waals surface area contributed by atoms with Crippen LogP contribution >= 0.6 is 0 Å². The van der Waals surface area contributed by atoms with Gasteiger partial charge >= 0.3 is 0 Å². The Labute approximate surface area is 91.1 Å². The summed E-state index contributed by atoms with van der Waals surface area (Å²) in [6.45, 7) is 2.59.